The van der Waals surface area contributed by atoms with Crippen LogP contribution < -0.4 is 10.6 Å². The number of aryl methyl sites for hydroxylation is 1. The van der Waals surface area contributed by atoms with Gasteiger partial charge in [-0.25, -0.2) is 4.98 Å². The summed E-state index contributed by atoms with van der Waals surface area (Å²) < 4.78 is 0. The third-order valence-electron chi connectivity index (χ3n) is 3.90. The second kappa shape index (κ2) is 4.73. The molecular weight excluding hydrogens is 264 g/mol. The quantitative estimate of drug-likeness (QED) is 0.715. The number of hydrogen-bond donors (Lipinski definition) is 2. The Morgan fingerprint density at radius 2 is 2.05 bits per heavy atom. The molecule has 106 valence electrons. The number of H-pyrrole nitrogens is 1. The van der Waals surface area contributed by atoms with Gasteiger partial charge in [0.2, 0.25) is 5.95 Å². The van der Waals surface area contributed by atoms with Crippen molar-refractivity contribution in [2.24, 2.45) is 0 Å². The van der Waals surface area contributed by atoms with Crippen molar-refractivity contribution in [1.29, 1.82) is 0 Å². The lowest BCUT2D eigenvalue weighted by Gasteiger charge is -2.24. The van der Waals surface area contributed by atoms with Crippen LogP contribution in [0.3, 0.4) is 0 Å². The van der Waals surface area contributed by atoms with Crippen LogP contribution in [0.15, 0.2) is 30.6 Å². The Morgan fingerprint density at radius 1 is 1.14 bits per heavy atom. The van der Waals surface area contributed by atoms with Gasteiger partial charge in [0.05, 0.1) is 6.33 Å². The molecule has 1 aliphatic rings. The highest BCUT2D eigenvalue weighted by Gasteiger charge is 2.21. The van der Waals surface area contributed by atoms with Gasteiger partial charge in [0, 0.05) is 12.2 Å². The topological polar surface area (TPSA) is 83.7 Å². The van der Waals surface area contributed by atoms with E-state index >= 15 is 0 Å². The number of aromatic amines is 1. The second-order valence-corrected chi connectivity index (χ2v) is 5.24. The summed E-state index contributed by atoms with van der Waals surface area (Å²) in [6, 6.07) is 8.47. The van der Waals surface area contributed by atoms with Gasteiger partial charge < -0.3 is 15.6 Å². The van der Waals surface area contributed by atoms with E-state index < -0.39 is 0 Å². The molecule has 4 rings (SSSR count). The van der Waals surface area contributed by atoms with Crippen molar-refractivity contribution in [3.63, 3.8) is 0 Å². The minimum atomic E-state index is 0.256. The van der Waals surface area contributed by atoms with E-state index in [1.807, 2.05) is 0 Å². The summed E-state index contributed by atoms with van der Waals surface area (Å²) in [4.78, 5) is 18.2. The van der Waals surface area contributed by atoms with Gasteiger partial charge in [-0.2, -0.15) is 9.97 Å². The number of nitrogen functional groups attached to an aromatic ring is 1. The standard InChI is InChI=1S/C15H16N6/c16-15-19-13-12(17-9-18-13)14(20-15)21-8-4-3-6-10-5-1-2-7-11(10)21/h1-2,5,7,9H,3-4,6,8H2,(H3,16,17,18,19,20). The number of nitrogens with two attached hydrogens (primary N) is 1. The van der Waals surface area contributed by atoms with Crippen LogP contribution in [-0.4, -0.2) is 26.5 Å². The lowest BCUT2D eigenvalue weighted by molar-refractivity contribution is 0.758. The Balaban J connectivity index is 1.94. The molecule has 1 aromatic carbocycles. The molecule has 0 fully saturated rings. The van der Waals surface area contributed by atoms with Gasteiger partial charge in [-0.15, -0.1) is 0 Å². The molecule has 0 saturated carbocycles. The molecule has 0 spiro atoms. The number of para-hydroxylation sites is 1. The van der Waals surface area contributed by atoms with Crippen LogP contribution >= 0.6 is 0 Å². The molecule has 6 heteroatoms. The van der Waals surface area contributed by atoms with Crippen molar-refractivity contribution < 1.29 is 0 Å². The summed E-state index contributed by atoms with van der Waals surface area (Å²) in [7, 11) is 0. The lowest BCUT2D eigenvalue weighted by Crippen LogP contribution is -2.20. The molecule has 1 aliphatic heterocycles. The molecule has 3 heterocycles. The van der Waals surface area contributed by atoms with Crippen molar-refractivity contribution in [2.75, 3.05) is 17.2 Å². The summed E-state index contributed by atoms with van der Waals surface area (Å²) in [5, 5.41) is 0. The first-order valence-electron chi connectivity index (χ1n) is 7.15. The minimum absolute atomic E-state index is 0.256. The molecular formula is C15H16N6. The van der Waals surface area contributed by atoms with E-state index in [9.17, 15) is 0 Å². The van der Waals surface area contributed by atoms with Crippen molar-refractivity contribution in [1.82, 2.24) is 19.9 Å². The van der Waals surface area contributed by atoms with Gasteiger partial charge in [0.1, 0.15) is 5.52 Å². The maximum absolute atomic E-state index is 5.85. The third kappa shape index (κ3) is 1.99. The Hall–Kier alpha value is -2.63. The summed E-state index contributed by atoms with van der Waals surface area (Å²) in [6.45, 7) is 0.918. The molecule has 3 N–H and O–H groups in total. The van der Waals surface area contributed by atoms with Crippen LogP contribution in [0.1, 0.15) is 18.4 Å². The van der Waals surface area contributed by atoms with Crippen molar-refractivity contribution in [2.45, 2.75) is 19.3 Å². The predicted molar refractivity (Wildman–Crippen MR) is 82.5 cm³/mol. The third-order valence-corrected chi connectivity index (χ3v) is 3.90. The first-order valence-corrected chi connectivity index (χ1v) is 7.15. The highest BCUT2D eigenvalue weighted by atomic mass is 15.2. The van der Waals surface area contributed by atoms with Crippen LogP contribution in [0.2, 0.25) is 0 Å². The van der Waals surface area contributed by atoms with Crippen molar-refractivity contribution in [3.05, 3.63) is 36.2 Å². The number of anilines is 3. The fourth-order valence-electron chi connectivity index (χ4n) is 2.94. The van der Waals surface area contributed by atoms with Gasteiger partial charge in [-0.3, -0.25) is 0 Å². The molecule has 6 nitrogen and oxygen atoms in total. The fourth-order valence-corrected chi connectivity index (χ4v) is 2.94. The molecule has 0 aliphatic carbocycles. The lowest BCUT2D eigenvalue weighted by atomic mass is 10.1. The molecule has 0 saturated heterocycles. The molecule has 0 unspecified atom stereocenters. The summed E-state index contributed by atoms with van der Waals surface area (Å²) in [6.07, 6.45) is 5.03. The number of nitrogens with zero attached hydrogens (tertiary/aromatic N) is 4. The molecule has 0 bridgehead atoms. The summed E-state index contributed by atoms with van der Waals surface area (Å²) >= 11 is 0. The zero-order valence-corrected chi connectivity index (χ0v) is 11.6. The van der Waals surface area contributed by atoms with Crippen LogP contribution in [0.25, 0.3) is 11.2 Å². The first kappa shape index (κ1) is 12.1. The number of benzene rings is 1. The van der Waals surface area contributed by atoms with Gasteiger partial charge in [0.15, 0.2) is 11.5 Å². The smallest absolute Gasteiger partial charge is 0.224 e. The van der Waals surface area contributed by atoms with Crippen molar-refractivity contribution >= 4 is 28.6 Å². The normalized spacial score (nSPS) is 15.0. The minimum Gasteiger partial charge on any atom is -0.368 e. The number of rotatable bonds is 1. The van der Waals surface area contributed by atoms with Crippen LogP contribution in [-0.2, 0) is 6.42 Å². The highest BCUT2D eigenvalue weighted by molar-refractivity contribution is 5.87. The molecule has 2 aromatic heterocycles. The zero-order chi connectivity index (χ0) is 14.2. The molecule has 0 atom stereocenters. The van der Waals surface area contributed by atoms with E-state index in [4.69, 9.17) is 5.73 Å². The van der Waals surface area contributed by atoms with E-state index in [-0.39, 0.29) is 5.95 Å². The molecule has 0 amide bonds. The number of fused-ring (bicyclic) bond motifs is 2. The summed E-state index contributed by atoms with van der Waals surface area (Å²) in [5.74, 6) is 1.07. The monoisotopic (exact) mass is 280 g/mol. The molecule has 3 aromatic rings. The number of hydrogen-bond acceptors (Lipinski definition) is 5. The molecule has 0 radical (unpaired) electrons. The number of nitrogens with one attached hydrogen (secondary N) is 1. The van der Waals surface area contributed by atoms with E-state index in [2.05, 4.69) is 49.1 Å². The Morgan fingerprint density at radius 3 is 3.00 bits per heavy atom. The maximum atomic E-state index is 5.85. The largest absolute Gasteiger partial charge is 0.368 e. The van der Waals surface area contributed by atoms with Gasteiger partial charge in [0.25, 0.3) is 0 Å². The highest BCUT2D eigenvalue weighted by Crippen LogP contribution is 2.34. The van der Waals surface area contributed by atoms with Gasteiger partial charge in [-0.1, -0.05) is 18.2 Å². The summed E-state index contributed by atoms with van der Waals surface area (Å²) in [5.41, 5.74) is 9.84. The second-order valence-electron chi connectivity index (χ2n) is 5.24. The van der Waals surface area contributed by atoms with E-state index in [0.717, 1.165) is 30.7 Å². The van der Waals surface area contributed by atoms with E-state index in [0.29, 0.717) is 5.65 Å². The fraction of sp³-hybridized carbons (Fsp3) is 0.267. The Kier molecular flexibility index (Phi) is 2.73. The molecule has 21 heavy (non-hydrogen) atoms. The first-order chi connectivity index (χ1) is 10.3. The number of aromatic nitrogens is 4. The number of imidazole rings is 1. The Bertz CT molecular complexity index is 794. The van der Waals surface area contributed by atoms with E-state index in [1.165, 1.54) is 17.7 Å². The van der Waals surface area contributed by atoms with E-state index in [1.54, 1.807) is 6.33 Å². The maximum Gasteiger partial charge on any atom is 0.224 e. The average Bonchev–Trinajstić information content (AvgIpc) is 2.85. The van der Waals surface area contributed by atoms with Gasteiger partial charge in [-0.05, 0) is 30.9 Å². The van der Waals surface area contributed by atoms with Crippen LogP contribution in [0, 0.1) is 0 Å². The predicted octanol–water partition coefficient (Wildman–Crippen LogP) is 2.41. The van der Waals surface area contributed by atoms with Crippen LogP contribution in [0.4, 0.5) is 17.5 Å². The SMILES string of the molecule is Nc1nc(N2CCCCc3ccccc32)c2[nH]cnc2n1. The van der Waals surface area contributed by atoms with Crippen molar-refractivity contribution in [3.8, 4) is 0 Å². The van der Waals surface area contributed by atoms with Crippen LogP contribution in [0.5, 0.6) is 0 Å². The Labute approximate surface area is 122 Å². The zero-order valence-electron chi connectivity index (χ0n) is 11.6. The van der Waals surface area contributed by atoms with Gasteiger partial charge >= 0.3 is 0 Å². The average molecular weight is 280 g/mol.